The summed E-state index contributed by atoms with van der Waals surface area (Å²) < 4.78 is 0. The molecule has 2 rings (SSSR count). The number of aryl methyl sites for hydroxylation is 1. The second-order valence-electron chi connectivity index (χ2n) is 4.94. The van der Waals surface area contributed by atoms with Crippen molar-refractivity contribution in [2.75, 3.05) is 12.4 Å². The molecule has 106 valence electrons. The summed E-state index contributed by atoms with van der Waals surface area (Å²) in [6, 6.07) is 5.24. The first-order chi connectivity index (χ1) is 9.40. The van der Waals surface area contributed by atoms with Gasteiger partial charge in [-0.25, -0.2) is 0 Å². The number of hydrogen-bond acceptors (Lipinski definition) is 4. The van der Waals surface area contributed by atoms with Gasteiger partial charge in [0.25, 0.3) is 5.91 Å². The monoisotopic (exact) mass is 291 g/mol. The zero-order valence-electron chi connectivity index (χ0n) is 11.5. The van der Waals surface area contributed by atoms with E-state index in [9.17, 15) is 9.59 Å². The van der Waals surface area contributed by atoms with Crippen molar-refractivity contribution in [3.8, 4) is 0 Å². The van der Waals surface area contributed by atoms with Crippen molar-refractivity contribution in [2.24, 2.45) is 5.73 Å². The SMILES string of the molecule is Cc1ccc(NC2CCC(=O)N(C)C2=O)c(C(N)=S)c1. The average Bonchev–Trinajstić information content (AvgIpc) is 2.41. The fraction of sp³-hybridized carbons (Fsp3) is 0.357. The zero-order chi connectivity index (χ0) is 14.9. The number of anilines is 1. The second-order valence-corrected chi connectivity index (χ2v) is 5.38. The van der Waals surface area contributed by atoms with Gasteiger partial charge in [-0.05, 0) is 25.5 Å². The number of imide groups is 1. The molecule has 1 heterocycles. The maximum Gasteiger partial charge on any atom is 0.251 e. The van der Waals surface area contributed by atoms with Crippen molar-refractivity contribution in [2.45, 2.75) is 25.8 Å². The zero-order valence-corrected chi connectivity index (χ0v) is 12.3. The Morgan fingerprint density at radius 1 is 1.45 bits per heavy atom. The van der Waals surface area contributed by atoms with Crippen LogP contribution in [-0.4, -0.2) is 34.8 Å². The molecule has 6 heteroatoms. The largest absolute Gasteiger partial charge is 0.389 e. The fourth-order valence-electron chi connectivity index (χ4n) is 2.23. The lowest BCUT2D eigenvalue weighted by Crippen LogP contribution is -2.48. The molecule has 1 unspecified atom stereocenters. The van der Waals surface area contributed by atoms with E-state index in [1.807, 2.05) is 25.1 Å². The summed E-state index contributed by atoms with van der Waals surface area (Å²) in [5, 5.41) is 3.15. The molecule has 1 aliphatic rings. The second kappa shape index (κ2) is 5.58. The summed E-state index contributed by atoms with van der Waals surface area (Å²) in [6.45, 7) is 1.95. The first-order valence-corrected chi connectivity index (χ1v) is 6.78. The highest BCUT2D eigenvalue weighted by molar-refractivity contribution is 7.80. The molecule has 1 aromatic rings. The van der Waals surface area contributed by atoms with E-state index < -0.39 is 6.04 Å². The van der Waals surface area contributed by atoms with E-state index in [0.717, 1.165) is 16.2 Å². The Balaban J connectivity index is 2.24. The van der Waals surface area contributed by atoms with Gasteiger partial charge in [0.1, 0.15) is 11.0 Å². The minimum Gasteiger partial charge on any atom is -0.389 e. The predicted octanol–water partition coefficient (Wildman–Crippen LogP) is 1.19. The topological polar surface area (TPSA) is 75.4 Å². The van der Waals surface area contributed by atoms with Crippen LogP contribution in [0.3, 0.4) is 0 Å². The maximum absolute atomic E-state index is 12.1. The molecule has 1 aromatic carbocycles. The van der Waals surface area contributed by atoms with Crippen molar-refractivity contribution < 1.29 is 9.59 Å². The Kier molecular flexibility index (Phi) is 4.04. The van der Waals surface area contributed by atoms with Crippen molar-refractivity contribution in [3.63, 3.8) is 0 Å². The Morgan fingerprint density at radius 3 is 2.80 bits per heavy atom. The van der Waals surface area contributed by atoms with Crippen LogP contribution in [0.15, 0.2) is 18.2 Å². The number of nitrogens with one attached hydrogen (secondary N) is 1. The summed E-state index contributed by atoms with van der Waals surface area (Å²) in [5.41, 5.74) is 8.20. The van der Waals surface area contributed by atoms with Crippen molar-refractivity contribution in [3.05, 3.63) is 29.3 Å². The number of thiocarbonyl (C=S) groups is 1. The van der Waals surface area contributed by atoms with Gasteiger partial charge in [0.15, 0.2) is 0 Å². The normalized spacial score (nSPS) is 19.1. The summed E-state index contributed by atoms with van der Waals surface area (Å²) >= 11 is 5.04. The van der Waals surface area contributed by atoms with Gasteiger partial charge in [0, 0.05) is 24.7 Å². The highest BCUT2D eigenvalue weighted by Gasteiger charge is 2.31. The molecule has 0 saturated carbocycles. The molecule has 0 radical (unpaired) electrons. The molecule has 0 spiro atoms. The third-order valence-electron chi connectivity index (χ3n) is 3.42. The minimum absolute atomic E-state index is 0.147. The van der Waals surface area contributed by atoms with E-state index in [2.05, 4.69) is 5.32 Å². The van der Waals surface area contributed by atoms with Gasteiger partial charge in [-0.2, -0.15) is 0 Å². The Morgan fingerprint density at radius 2 is 2.15 bits per heavy atom. The van der Waals surface area contributed by atoms with E-state index in [1.54, 1.807) is 0 Å². The molecule has 1 fully saturated rings. The summed E-state index contributed by atoms with van der Waals surface area (Å²) in [4.78, 5) is 25.0. The molecule has 5 nitrogen and oxygen atoms in total. The molecule has 1 aliphatic heterocycles. The quantitative estimate of drug-likeness (QED) is 0.646. The molecule has 3 N–H and O–H groups in total. The average molecular weight is 291 g/mol. The van der Waals surface area contributed by atoms with Crippen molar-refractivity contribution in [1.82, 2.24) is 4.90 Å². The molecule has 0 bridgehead atoms. The third kappa shape index (κ3) is 2.80. The van der Waals surface area contributed by atoms with Crippen LogP contribution in [0.4, 0.5) is 5.69 Å². The highest BCUT2D eigenvalue weighted by Crippen LogP contribution is 2.22. The summed E-state index contributed by atoms with van der Waals surface area (Å²) in [6.07, 6.45) is 0.834. The van der Waals surface area contributed by atoms with E-state index in [1.165, 1.54) is 7.05 Å². The van der Waals surface area contributed by atoms with Gasteiger partial charge in [0.05, 0.1) is 0 Å². The smallest absolute Gasteiger partial charge is 0.251 e. The first kappa shape index (κ1) is 14.5. The molecule has 20 heavy (non-hydrogen) atoms. The number of nitrogens with zero attached hydrogens (tertiary/aromatic N) is 1. The number of carbonyl (C=O) groups is 2. The van der Waals surface area contributed by atoms with E-state index >= 15 is 0 Å². The fourth-order valence-corrected chi connectivity index (χ4v) is 2.39. The van der Waals surface area contributed by atoms with Crippen LogP contribution in [0.1, 0.15) is 24.0 Å². The Bertz CT molecular complexity index is 586. The summed E-state index contributed by atoms with van der Waals surface area (Å²) in [5.74, 6) is -0.373. The van der Waals surface area contributed by atoms with Crippen LogP contribution < -0.4 is 11.1 Å². The number of amides is 2. The maximum atomic E-state index is 12.1. The molecular weight excluding hydrogens is 274 g/mol. The van der Waals surface area contributed by atoms with Crippen LogP contribution in [0, 0.1) is 6.92 Å². The van der Waals surface area contributed by atoms with Crippen molar-refractivity contribution in [1.29, 1.82) is 0 Å². The van der Waals surface area contributed by atoms with Crippen LogP contribution >= 0.6 is 12.2 Å². The Labute approximate surface area is 123 Å². The molecule has 1 atom stereocenters. The van der Waals surface area contributed by atoms with E-state index in [0.29, 0.717) is 18.4 Å². The van der Waals surface area contributed by atoms with Gasteiger partial charge in [-0.15, -0.1) is 0 Å². The standard InChI is InChI=1S/C14H17N3O2S/c1-8-3-4-10(9(7-8)13(15)20)16-11-5-6-12(18)17(2)14(11)19/h3-4,7,11,16H,5-6H2,1-2H3,(H2,15,20). The summed E-state index contributed by atoms with van der Waals surface area (Å²) in [7, 11) is 1.50. The number of piperidine rings is 1. The molecule has 1 saturated heterocycles. The van der Waals surface area contributed by atoms with E-state index in [4.69, 9.17) is 18.0 Å². The highest BCUT2D eigenvalue weighted by atomic mass is 32.1. The van der Waals surface area contributed by atoms with Crippen LogP contribution in [-0.2, 0) is 9.59 Å². The van der Waals surface area contributed by atoms with Gasteiger partial charge in [-0.1, -0.05) is 23.8 Å². The first-order valence-electron chi connectivity index (χ1n) is 6.37. The lowest BCUT2D eigenvalue weighted by atomic mass is 10.0. The molecular formula is C14H17N3O2S. The predicted molar refractivity (Wildman–Crippen MR) is 81.5 cm³/mol. The molecule has 0 aliphatic carbocycles. The lowest BCUT2D eigenvalue weighted by molar-refractivity contribution is -0.146. The number of likely N-dealkylation sites (N-methyl/N-ethyl adjacent to an activating group) is 1. The lowest BCUT2D eigenvalue weighted by Gasteiger charge is -2.29. The van der Waals surface area contributed by atoms with E-state index in [-0.39, 0.29) is 16.8 Å². The number of carbonyl (C=O) groups excluding carboxylic acids is 2. The van der Waals surface area contributed by atoms with Crippen LogP contribution in [0.25, 0.3) is 0 Å². The number of benzene rings is 1. The van der Waals surface area contributed by atoms with Crippen LogP contribution in [0.2, 0.25) is 0 Å². The number of hydrogen-bond donors (Lipinski definition) is 2. The van der Waals surface area contributed by atoms with Crippen LogP contribution in [0.5, 0.6) is 0 Å². The Hall–Kier alpha value is -1.95. The van der Waals surface area contributed by atoms with Gasteiger partial charge in [-0.3, -0.25) is 14.5 Å². The van der Waals surface area contributed by atoms with Gasteiger partial charge >= 0.3 is 0 Å². The van der Waals surface area contributed by atoms with Gasteiger partial charge in [0.2, 0.25) is 5.91 Å². The van der Waals surface area contributed by atoms with Crippen molar-refractivity contribution >= 4 is 34.7 Å². The number of likely N-dealkylation sites (tertiary alicyclic amines) is 1. The van der Waals surface area contributed by atoms with Gasteiger partial charge < -0.3 is 11.1 Å². The molecule has 2 amide bonds. The number of rotatable bonds is 3. The molecule has 0 aromatic heterocycles. The minimum atomic E-state index is -0.423. The third-order valence-corrected chi connectivity index (χ3v) is 3.64. The number of nitrogens with two attached hydrogens (primary N) is 1.